The normalized spacial score (nSPS) is 10.1. The van der Waals surface area contributed by atoms with E-state index in [1.165, 1.54) is 12.1 Å². The van der Waals surface area contributed by atoms with Crippen molar-refractivity contribution in [2.24, 2.45) is 0 Å². The molecule has 0 amide bonds. The summed E-state index contributed by atoms with van der Waals surface area (Å²) < 4.78 is 18.3. The molecule has 2 rings (SSSR count). The molecule has 0 fully saturated rings. The Morgan fingerprint density at radius 3 is 2.94 bits per heavy atom. The van der Waals surface area contributed by atoms with Gasteiger partial charge >= 0.3 is 0 Å². The van der Waals surface area contributed by atoms with E-state index in [2.05, 4.69) is 6.07 Å². The molecule has 2 aromatic rings. The first-order chi connectivity index (χ1) is 7.75. The molecule has 0 unspecified atom stereocenters. The summed E-state index contributed by atoms with van der Waals surface area (Å²) in [7, 11) is 0. The lowest BCUT2D eigenvalue weighted by atomic mass is 10.2. The highest BCUT2D eigenvalue weighted by Gasteiger charge is 2.01. The van der Waals surface area contributed by atoms with Gasteiger partial charge in [0, 0.05) is 0 Å². The summed E-state index contributed by atoms with van der Waals surface area (Å²) in [6.45, 7) is 0.293. The number of hydrogen-bond acceptors (Lipinski definition) is 1. The smallest absolute Gasteiger partial charge is 0.138 e. The third-order valence-electron chi connectivity index (χ3n) is 2.06. The van der Waals surface area contributed by atoms with Crippen LogP contribution in [0.15, 0.2) is 42.5 Å². The molecule has 1 radical (unpaired) electrons. The van der Waals surface area contributed by atoms with Gasteiger partial charge in [-0.15, -0.1) is 0 Å². The fourth-order valence-electron chi connectivity index (χ4n) is 1.30. The Hall–Kier alpha value is -1.54. The van der Waals surface area contributed by atoms with E-state index >= 15 is 0 Å². The second-order valence-electron chi connectivity index (χ2n) is 3.28. The van der Waals surface area contributed by atoms with E-state index in [1.807, 2.05) is 0 Å². The van der Waals surface area contributed by atoms with Crippen molar-refractivity contribution < 1.29 is 9.13 Å². The average molecular weight is 236 g/mol. The molecular weight excluding hydrogens is 227 g/mol. The number of benzene rings is 2. The van der Waals surface area contributed by atoms with Crippen molar-refractivity contribution in [3.63, 3.8) is 0 Å². The van der Waals surface area contributed by atoms with Crippen LogP contribution < -0.4 is 4.74 Å². The van der Waals surface area contributed by atoms with Crippen LogP contribution in [-0.4, -0.2) is 0 Å². The minimum absolute atomic E-state index is 0.270. The molecule has 3 heteroatoms. The highest BCUT2D eigenvalue weighted by molar-refractivity contribution is 6.32. The number of hydrogen-bond donors (Lipinski definition) is 0. The largest absolute Gasteiger partial charge is 0.487 e. The Kier molecular flexibility index (Phi) is 3.42. The molecule has 1 nitrogen and oxygen atoms in total. The van der Waals surface area contributed by atoms with Crippen LogP contribution in [-0.2, 0) is 6.61 Å². The molecular formula is C13H9ClFO. The van der Waals surface area contributed by atoms with Gasteiger partial charge in [-0.2, -0.15) is 0 Å². The van der Waals surface area contributed by atoms with Crippen LogP contribution in [0.1, 0.15) is 5.56 Å². The Morgan fingerprint density at radius 2 is 2.19 bits per heavy atom. The fraction of sp³-hybridized carbons (Fsp3) is 0.0769. The van der Waals surface area contributed by atoms with Gasteiger partial charge in [0.15, 0.2) is 0 Å². The van der Waals surface area contributed by atoms with E-state index in [1.54, 1.807) is 30.3 Å². The van der Waals surface area contributed by atoms with E-state index in [4.69, 9.17) is 16.3 Å². The summed E-state index contributed by atoms with van der Waals surface area (Å²) in [4.78, 5) is 0. The Labute approximate surface area is 98.4 Å². The molecule has 0 N–H and O–H groups in total. The second kappa shape index (κ2) is 4.99. The molecule has 0 aliphatic carbocycles. The van der Waals surface area contributed by atoms with Crippen LogP contribution in [0.2, 0.25) is 5.02 Å². The molecule has 0 atom stereocenters. The van der Waals surface area contributed by atoms with Gasteiger partial charge in [0.2, 0.25) is 0 Å². The molecule has 0 heterocycles. The van der Waals surface area contributed by atoms with Crippen LogP contribution in [0.5, 0.6) is 5.75 Å². The van der Waals surface area contributed by atoms with Crippen LogP contribution >= 0.6 is 11.6 Å². The van der Waals surface area contributed by atoms with Gasteiger partial charge in [0.25, 0.3) is 0 Å². The van der Waals surface area contributed by atoms with Crippen LogP contribution in [0, 0.1) is 11.9 Å². The molecule has 0 spiro atoms. The highest BCUT2D eigenvalue weighted by atomic mass is 35.5. The number of ether oxygens (including phenoxy) is 1. The Bertz CT molecular complexity index is 485. The topological polar surface area (TPSA) is 9.23 Å². The zero-order valence-corrected chi connectivity index (χ0v) is 9.17. The number of halogens is 2. The minimum Gasteiger partial charge on any atom is -0.487 e. The van der Waals surface area contributed by atoms with Crippen molar-refractivity contribution in [2.45, 2.75) is 6.61 Å². The maximum atomic E-state index is 12.9. The third-order valence-corrected chi connectivity index (χ3v) is 2.36. The predicted molar refractivity (Wildman–Crippen MR) is 61.0 cm³/mol. The Balaban J connectivity index is 2.05. The van der Waals surface area contributed by atoms with Crippen LogP contribution in [0.3, 0.4) is 0 Å². The summed E-state index contributed by atoms with van der Waals surface area (Å²) in [5.41, 5.74) is 0.767. The standard InChI is InChI=1S/C13H9ClFO/c14-12-6-1-2-7-13(12)16-9-10-4-3-5-11(15)8-10/h2-8H,9H2. The number of rotatable bonds is 3. The van der Waals surface area contributed by atoms with E-state index in [9.17, 15) is 4.39 Å². The molecule has 0 aliphatic rings. The lowest BCUT2D eigenvalue weighted by Gasteiger charge is -2.07. The lowest BCUT2D eigenvalue weighted by molar-refractivity contribution is 0.306. The fourth-order valence-corrected chi connectivity index (χ4v) is 1.48. The predicted octanol–water partition coefficient (Wildman–Crippen LogP) is 3.86. The minimum atomic E-state index is -0.270. The quantitative estimate of drug-likeness (QED) is 0.785. The van der Waals surface area contributed by atoms with Gasteiger partial charge in [0.1, 0.15) is 18.2 Å². The highest BCUT2D eigenvalue weighted by Crippen LogP contribution is 2.23. The molecule has 0 aromatic heterocycles. The van der Waals surface area contributed by atoms with Crippen molar-refractivity contribution in [3.8, 4) is 5.75 Å². The zero-order chi connectivity index (χ0) is 11.4. The first-order valence-corrected chi connectivity index (χ1v) is 5.16. The first kappa shape index (κ1) is 11.0. The summed E-state index contributed by atoms with van der Waals surface area (Å²) in [5, 5.41) is 0.499. The van der Waals surface area contributed by atoms with E-state index < -0.39 is 0 Å². The van der Waals surface area contributed by atoms with Crippen LogP contribution in [0.25, 0.3) is 0 Å². The SMILES string of the molecule is Fc1cccc(COc2cc[c]cc2Cl)c1. The Morgan fingerprint density at radius 1 is 1.31 bits per heavy atom. The monoisotopic (exact) mass is 235 g/mol. The van der Waals surface area contributed by atoms with Crippen molar-refractivity contribution in [3.05, 3.63) is 64.9 Å². The van der Waals surface area contributed by atoms with Gasteiger partial charge in [-0.25, -0.2) is 4.39 Å². The van der Waals surface area contributed by atoms with Crippen molar-refractivity contribution in [1.82, 2.24) is 0 Å². The van der Waals surface area contributed by atoms with Gasteiger partial charge < -0.3 is 4.74 Å². The maximum Gasteiger partial charge on any atom is 0.138 e. The molecule has 0 saturated carbocycles. The van der Waals surface area contributed by atoms with Gasteiger partial charge in [-0.05, 0) is 35.9 Å². The van der Waals surface area contributed by atoms with Crippen molar-refractivity contribution >= 4 is 11.6 Å². The van der Waals surface area contributed by atoms with Gasteiger partial charge in [-0.1, -0.05) is 29.8 Å². The molecule has 0 bridgehead atoms. The van der Waals surface area contributed by atoms with E-state index in [0.29, 0.717) is 17.4 Å². The maximum absolute atomic E-state index is 12.9. The van der Waals surface area contributed by atoms with E-state index in [0.717, 1.165) is 5.56 Å². The summed E-state index contributed by atoms with van der Waals surface area (Å²) in [5.74, 6) is 0.304. The zero-order valence-electron chi connectivity index (χ0n) is 8.41. The van der Waals surface area contributed by atoms with Crippen molar-refractivity contribution in [2.75, 3.05) is 0 Å². The molecule has 16 heavy (non-hydrogen) atoms. The van der Waals surface area contributed by atoms with Gasteiger partial charge in [0.05, 0.1) is 5.02 Å². The molecule has 0 aliphatic heterocycles. The first-order valence-electron chi connectivity index (χ1n) is 4.78. The van der Waals surface area contributed by atoms with Crippen LogP contribution in [0.4, 0.5) is 4.39 Å². The molecule has 81 valence electrons. The lowest BCUT2D eigenvalue weighted by Crippen LogP contribution is -1.96. The summed E-state index contributed by atoms with van der Waals surface area (Å²) in [6.07, 6.45) is 0. The average Bonchev–Trinajstić information content (AvgIpc) is 2.28. The third kappa shape index (κ3) is 2.74. The summed E-state index contributed by atoms with van der Waals surface area (Å²) in [6, 6.07) is 14.2. The van der Waals surface area contributed by atoms with Gasteiger partial charge in [-0.3, -0.25) is 0 Å². The van der Waals surface area contributed by atoms with E-state index in [-0.39, 0.29) is 5.82 Å². The molecule has 2 aromatic carbocycles. The molecule has 0 saturated heterocycles. The second-order valence-corrected chi connectivity index (χ2v) is 3.68. The van der Waals surface area contributed by atoms with Crippen molar-refractivity contribution in [1.29, 1.82) is 0 Å². The summed E-state index contributed by atoms with van der Waals surface area (Å²) >= 11 is 5.89.